The minimum absolute atomic E-state index is 0.0159. The number of aromatic nitrogens is 1. The summed E-state index contributed by atoms with van der Waals surface area (Å²) >= 11 is 5.72. The molecule has 0 radical (unpaired) electrons. The number of pyridine rings is 1. The van der Waals surface area contributed by atoms with Gasteiger partial charge in [-0.1, -0.05) is 11.6 Å². The Bertz CT molecular complexity index is 689. The Morgan fingerprint density at radius 1 is 1.35 bits per heavy atom. The van der Waals surface area contributed by atoms with E-state index in [2.05, 4.69) is 4.98 Å². The van der Waals surface area contributed by atoms with Gasteiger partial charge in [-0.2, -0.15) is 0 Å². The highest BCUT2D eigenvalue weighted by atomic mass is 35.5. The molecule has 0 spiro atoms. The number of nitrogens with zero attached hydrogens (tertiary/aromatic N) is 2. The second kappa shape index (κ2) is 5.54. The lowest BCUT2D eigenvalue weighted by Gasteiger charge is -2.06. The standard InChI is InChI=1S/C12H7ClN2O5/c13-10-2-1-8(6-9(10)12(16)17)20-11-5-7(15(18)19)3-4-14-11/h1-6H,(H,16,17). The van der Waals surface area contributed by atoms with Gasteiger partial charge in [0.2, 0.25) is 5.88 Å². The molecule has 0 saturated heterocycles. The third-order valence-corrected chi connectivity index (χ3v) is 2.65. The number of ether oxygens (including phenoxy) is 1. The van der Waals surface area contributed by atoms with Crippen molar-refractivity contribution in [1.82, 2.24) is 4.98 Å². The predicted octanol–water partition coefficient (Wildman–Crippen LogP) is 3.13. The molecule has 1 aromatic carbocycles. The molecule has 7 nitrogen and oxygen atoms in total. The van der Waals surface area contributed by atoms with E-state index in [-0.39, 0.29) is 27.9 Å². The minimum atomic E-state index is -1.20. The average Bonchev–Trinajstić information content (AvgIpc) is 2.41. The smallest absolute Gasteiger partial charge is 0.337 e. The normalized spacial score (nSPS) is 10.1. The number of hydrogen-bond donors (Lipinski definition) is 1. The molecule has 1 aromatic heterocycles. The lowest BCUT2D eigenvalue weighted by atomic mass is 10.2. The van der Waals surface area contributed by atoms with E-state index in [0.717, 1.165) is 6.07 Å². The van der Waals surface area contributed by atoms with Gasteiger partial charge in [-0.25, -0.2) is 9.78 Å². The van der Waals surface area contributed by atoms with Crippen molar-refractivity contribution in [3.05, 3.63) is 57.2 Å². The monoisotopic (exact) mass is 294 g/mol. The van der Waals surface area contributed by atoms with Crippen LogP contribution in [-0.4, -0.2) is 21.0 Å². The quantitative estimate of drug-likeness (QED) is 0.686. The third kappa shape index (κ3) is 3.01. The molecule has 0 unspecified atom stereocenters. The number of carbonyl (C=O) groups is 1. The molecule has 2 aromatic rings. The van der Waals surface area contributed by atoms with Crippen LogP contribution in [-0.2, 0) is 0 Å². The number of halogens is 1. The highest BCUT2D eigenvalue weighted by Gasteiger charge is 2.12. The summed E-state index contributed by atoms with van der Waals surface area (Å²) in [6.07, 6.45) is 1.22. The van der Waals surface area contributed by atoms with Crippen molar-refractivity contribution in [3.8, 4) is 11.6 Å². The summed E-state index contributed by atoms with van der Waals surface area (Å²) in [6.45, 7) is 0. The molecule has 1 N–H and O–H groups in total. The summed E-state index contributed by atoms with van der Waals surface area (Å²) in [5.41, 5.74) is -0.308. The summed E-state index contributed by atoms with van der Waals surface area (Å²) in [5.74, 6) is -1.05. The first-order valence-corrected chi connectivity index (χ1v) is 5.66. The molecule has 0 fully saturated rings. The van der Waals surface area contributed by atoms with Crippen LogP contribution in [0.5, 0.6) is 11.6 Å². The van der Waals surface area contributed by atoms with Gasteiger partial charge in [0.1, 0.15) is 5.75 Å². The van der Waals surface area contributed by atoms with E-state index in [1.54, 1.807) is 0 Å². The Labute approximate surface area is 117 Å². The molecule has 0 atom stereocenters. The van der Waals surface area contributed by atoms with Crippen LogP contribution in [0.4, 0.5) is 5.69 Å². The topological polar surface area (TPSA) is 103 Å². The minimum Gasteiger partial charge on any atom is -0.478 e. The lowest BCUT2D eigenvalue weighted by Crippen LogP contribution is -1.98. The maximum atomic E-state index is 10.9. The van der Waals surface area contributed by atoms with E-state index in [0.29, 0.717) is 0 Å². The van der Waals surface area contributed by atoms with Gasteiger partial charge in [-0.3, -0.25) is 10.1 Å². The molecule has 0 aliphatic heterocycles. The Morgan fingerprint density at radius 2 is 2.10 bits per heavy atom. The third-order valence-electron chi connectivity index (χ3n) is 2.32. The van der Waals surface area contributed by atoms with E-state index in [1.165, 1.54) is 30.5 Å². The van der Waals surface area contributed by atoms with E-state index < -0.39 is 10.9 Å². The van der Waals surface area contributed by atoms with Crippen LogP contribution in [0.2, 0.25) is 5.02 Å². The number of hydrogen-bond acceptors (Lipinski definition) is 5. The van der Waals surface area contributed by atoms with Crippen LogP contribution >= 0.6 is 11.6 Å². The van der Waals surface area contributed by atoms with Crippen molar-refractivity contribution >= 4 is 23.3 Å². The zero-order valence-corrected chi connectivity index (χ0v) is 10.6. The molecule has 0 saturated carbocycles. The van der Waals surface area contributed by atoms with Gasteiger partial charge >= 0.3 is 5.97 Å². The van der Waals surface area contributed by atoms with Gasteiger partial charge in [-0.15, -0.1) is 0 Å². The molecule has 2 rings (SSSR count). The molecule has 1 heterocycles. The van der Waals surface area contributed by atoms with Gasteiger partial charge in [0.15, 0.2) is 0 Å². The molecule has 20 heavy (non-hydrogen) atoms. The number of benzene rings is 1. The summed E-state index contributed by atoms with van der Waals surface area (Å²) < 4.78 is 5.28. The lowest BCUT2D eigenvalue weighted by molar-refractivity contribution is -0.385. The first-order valence-electron chi connectivity index (χ1n) is 5.28. The first-order chi connectivity index (χ1) is 9.47. The van der Waals surface area contributed by atoms with Crippen LogP contribution in [0.3, 0.4) is 0 Å². The largest absolute Gasteiger partial charge is 0.478 e. The van der Waals surface area contributed by atoms with Crippen LogP contribution in [0.15, 0.2) is 36.5 Å². The summed E-state index contributed by atoms with van der Waals surface area (Å²) in [6, 6.07) is 6.37. The highest BCUT2D eigenvalue weighted by Crippen LogP contribution is 2.26. The molecule has 8 heteroatoms. The van der Waals surface area contributed by atoms with Crippen molar-refractivity contribution in [1.29, 1.82) is 0 Å². The summed E-state index contributed by atoms with van der Waals surface area (Å²) in [4.78, 5) is 24.8. The molecule has 0 amide bonds. The summed E-state index contributed by atoms with van der Waals surface area (Å²) in [7, 11) is 0. The Balaban J connectivity index is 2.30. The van der Waals surface area contributed by atoms with Gasteiger partial charge in [0, 0.05) is 12.3 Å². The zero-order valence-electron chi connectivity index (χ0n) is 9.82. The van der Waals surface area contributed by atoms with Crippen molar-refractivity contribution < 1.29 is 19.6 Å². The maximum absolute atomic E-state index is 10.9. The highest BCUT2D eigenvalue weighted by molar-refractivity contribution is 6.33. The van der Waals surface area contributed by atoms with Gasteiger partial charge in [-0.05, 0) is 18.2 Å². The van der Waals surface area contributed by atoms with Crippen LogP contribution < -0.4 is 4.74 Å². The van der Waals surface area contributed by atoms with Crippen LogP contribution in [0.1, 0.15) is 10.4 Å². The molecular weight excluding hydrogens is 288 g/mol. The molecule has 102 valence electrons. The van der Waals surface area contributed by atoms with E-state index >= 15 is 0 Å². The molecule has 0 aliphatic rings. The van der Waals surface area contributed by atoms with Crippen LogP contribution in [0, 0.1) is 10.1 Å². The number of carboxylic acid groups (broad SMARTS) is 1. The number of rotatable bonds is 4. The van der Waals surface area contributed by atoms with E-state index in [9.17, 15) is 14.9 Å². The zero-order chi connectivity index (χ0) is 14.7. The Hall–Kier alpha value is -2.67. The predicted molar refractivity (Wildman–Crippen MR) is 69.4 cm³/mol. The second-order valence-electron chi connectivity index (χ2n) is 3.66. The van der Waals surface area contributed by atoms with Gasteiger partial charge < -0.3 is 9.84 Å². The second-order valence-corrected chi connectivity index (χ2v) is 4.07. The fourth-order valence-electron chi connectivity index (χ4n) is 1.42. The van der Waals surface area contributed by atoms with Gasteiger partial charge in [0.25, 0.3) is 5.69 Å². The maximum Gasteiger partial charge on any atom is 0.337 e. The van der Waals surface area contributed by atoms with Gasteiger partial charge in [0.05, 0.1) is 21.6 Å². The first kappa shape index (κ1) is 13.8. The fraction of sp³-hybridized carbons (Fsp3) is 0. The van der Waals surface area contributed by atoms with Crippen molar-refractivity contribution in [3.63, 3.8) is 0 Å². The van der Waals surface area contributed by atoms with Crippen molar-refractivity contribution in [2.75, 3.05) is 0 Å². The van der Waals surface area contributed by atoms with E-state index in [4.69, 9.17) is 21.4 Å². The molecule has 0 aliphatic carbocycles. The van der Waals surface area contributed by atoms with Crippen LogP contribution in [0.25, 0.3) is 0 Å². The Kier molecular flexibility index (Phi) is 3.81. The van der Waals surface area contributed by atoms with Crippen molar-refractivity contribution in [2.24, 2.45) is 0 Å². The fourth-order valence-corrected chi connectivity index (χ4v) is 1.62. The SMILES string of the molecule is O=C(O)c1cc(Oc2cc([N+](=O)[O-])ccn2)ccc1Cl. The average molecular weight is 295 g/mol. The number of aromatic carboxylic acids is 1. The van der Waals surface area contributed by atoms with Crippen molar-refractivity contribution in [2.45, 2.75) is 0 Å². The molecular formula is C12H7ClN2O5. The number of carboxylic acids is 1. The summed E-state index contributed by atoms with van der Waals surface area (Å²) in [5, 5.41) is 19.6. The number of nitro groups is 1. The molecule has 0 bridgehead atoms. The Morgan fingerprint density at radius 3 is 2.75 bits per heavy atom. The van der Waals surface area contributed by atoms with E-state index in [1.807, 2.05) is 0 Å².